The monoisotopic (exact) mass is 221 g/mol. The quantitative estimate of drug-likeness (QED) is 0.675. The van der Waals surface area contributed by atoms with Gasteiger partial charge in [-0.15, -0.1) is 0 Å². The topological polar surface area (TPSA) is 67.2 Å². The normalized spacial score (nSPS) is 11.9. The van der Waals surface area contributed by atoms with Crippen LogP contribution >= 0.6 is 0 Å². The van der Waals surface area contributed by atoms with Crippen LogP contribution in [0.2, 0.25) is 0 Å². The fourth-order valence-electron chi connectivity index (χ4n) is 1.44. The third-order valence-corrected chi connectivity index (χ3v) is 2.32. The molecule has 4 nitrogen and oxygen atoms in total. The van der Waals surface area contributed by atoms with Gasteiger partial charge >= 0.3 is 0 Å². The number of amides is 1. The number of nitrogens with two attached hydrogens (primary N) is 1. The Labute approximate surface area is 96.2 Å². The van der Waals surface area contributed by atoms with E-state index in [4.69, 9.17) is 5.73 Å². The lowest BCUT2D eigenvalue weighted by molar-refractivity contribution is -0.121. The van der Waals surface area contributed by atoms with Crippen molar-refractivity contribution < 1.29 is 4.79 Å². The lowest BCUT2D eigenvalue weighted by Gasteiger charge is -2.16. The van der Waals surface area contributed by atoms with Crippen LogP contribution in [0.4, 0.5) is 11.4 Å². The first-order valence-electron chi connectivity index (χ1n) is 5.45. The predicted octanol–water partition coefficient (Wildman–Crippen LogP) is 1.51. The van der Waals surface area contributed by atoms with Gasteiger partial charge in [0.05, 0.1) is 11.4 Å². The highest BCUT2D eigenvalue weighted by Crippen LogP contribution is 2.20. The van der Waals surface area contributed by atoms with Crippen molar-refractivity contribution in [1.82, 2.24) is 5.32 Å². The van der Waals surface area contributed by atoms with E-state index in [2.05, 4.69) is 10.6 Å². The number of anilines is 2. The number of hydrogen-bond acceptors (Lipinski definition) is 3. The van der Waals surface area contributed by atoms with Crippen molar-refractivity contribution in [1.29, 1.82) is 0 Å². The fraction of sp³-hybridized carbons (Fsp3) is 0.417. The molecule has 1 atom stereocenters. The number of aryl methyl sites for hydroxylation is 1. The van der Waals surface area contributed by atoms with Crippen molar-refractivity contribution in [2.75, 3.05) is 17.6 Å². The molecule has 4 N–H and O–H groups in total. The molecule has 0 radical (unpaired) electrons. The van der Waals surface area contributed by atoms with Gasteiger partial charge in [0.2, 0.25) is 5.91 Å². The second-order valence-electron chi connectivity index (χ2n) is 3.85. The van der Waals surface area contributed by atoms with Gasteiger partial charge in [0.1, 0.15) is 6.04 Å². The van der Waals surface area contributed by atoms with Gasteiger partial charge in [0.25, 0.3) is 0 Å². The van der Waals surface area contributed by atoms with E-state index in [0.717, 1.165) is 11.3 Å². The zero-order chi connectivity index (χ0) is 12.1. The van der Waals surface area contributed by atoms with Crippen LogP contribution in [-0.4, -0.2) is 18.5 Å². The summed E-state index contributed by atoms with van der Waals surface area (Å²) in [5.41, 5.74) is 8.41. The second-order valence-corrected chi connectivity index (χ2v) is 3.85. The van der Waals surface area contributed by atoms with Gasteiger partial charge in [-0.1, -0.05) is 6.07 Å². The highest BCUT2D eigenvalue weighted by molar-refractivity contribution is 5.85. The first-order valence-corrected chi connectivity index (χ1v) is 5.45. The van der Waals surface area contributed by atoms with Crippen molar-refractivity contribution in [3.05, 3.63) is 23.8 Å². The average molecular weight is 221 g/mol. The Hall–Kier alpha value is -1.71. The molecule has 0 aromatic heterocycles. The Balaban J connectivity index is 2.69. The Morgan fingerprint density at radius 2 is 2.19 bits per heavy atom. The summed E-state index contributed by atoms with van der Waals surface area (Å²) in [6, 6.07) is 5.45. The van der Waals surface area contributed by atoms with Gasteiger partial charge in [-0.3, -0.25) is 4.79 Å². The van der Waals surface area contributed by atoms with E-state index in [1.165, 1.54) is 0 Å². The van der Waals surface area contributed by atoms with Gasteiger partial charge in [-0.25, -0.2) is 0 Å². The Morgan fingerprint density at radius 3 is 2.75 bits per heavy atom. The van der Waals surface area contributed by atoms with E-state index in [-0.39, 0.29) is 11.9 Å². The standard InChI is InChI=1S/C12H19N3O/c1-4-14-12(16)9(3)15-11-6-5-8(2)7-10(11)13/h5-7,9,15H,4,13H2,1-3H3,(H,14,16). The summed E-state index contributed by atoms with van der Waals surface area (Å²) in [6.07, 6.45) is 0. The molecule has 0 fully saturated rings. The maximum atomic E-state index is 11.5. The summed E-state index contributed by atoms with van der Waals surface area (Å²) in [5.74, 6) is -0.0255. The average Bonchev–Trinajstić information content (AvgIpc) is 2.22. The summed E-state index contributed by atoms with van der Waals surface area (Å²) >= 11 is 0. The zero-order valence-electron chi connectivity index (χ0n) is 10.0. The number of carbonyl (C=O) groups is 1. The van der Waals surface area contributed by atoms with Crippen LogP contribution in [0.15, 0.2) is 18.2 Å². The van der Waals surface area contributed by atoms with Crippen LogP contribution in [0.25, 0.3) is 0 Å². The van der Waals surface area contributed by atoms with Crippen molar-refractivity contribution >= 4 is 17.3 Å². The highest BCUT2D eigenvalue weighted by atomic mass is 16.2. The van der Waals surface area contributed by atoms with E-state index < -0.39 is 0 Å². The van der Waals surface area contributed by atoms with Crippen molar-refractivity contribution in [3.63, 3.8) is 0 Å². The fourth-order valence-corrected chi connectivity index (χ4v) is 1.44. The summed E-state index contributed by atoms with van der Waals surface area (Å²) in [6.45, 7) is 6.32. The SMILES string of the molecule is CCNC(=O)C(C)Nc1ccc(C)cc1N. The second kappa shape index (κ2) is 5.39. The Kier molecular flexibility index (Phi) is 4.17. The van der Waals surface area contributed by atoms with Crippen LogP contribution in [0.1, 0.15) is 19.4 Å². The minimum absolute atomic E-state index is 0.0255. The lowest BCUT2D eigenvalue weighted by atomic mass is 10.2. The smallest absolute Gasteiger partial charge is 0.242 e. The van der Waals surface area contributed by atoms with Crippen molar-refractivity contribution in [2.45, 2.75) is 26.8 Å². The molecule has 16 heavy (non-hydrogen) atoms. The number of nitrogen functional groups attached to an aromatic ring is 1. The van der Waals surface area contributed by atoms with Crippen LogP contribution in [-0.2, 0) is 4.79 Å². The first kappa shape index (κ1) is 12.4. The molecule has 0 aliphatic rings. The molecule has 1 aromatic carbocycles. The molecule has 0 spiro atoms. The summed E-state index contributed by atoms with van der Waals surface area (Å²) in [7, 11) is 0. The molecule has 0 aliphatic carbocycles. The Bertz CT molecular complexity index is 377. The minimum atomic E-state index is -0.287. The number of likely N-dealkylation sites (N-methyl/N-ethyl adjacent to an activating group) is 1. The number of hydrogen-bond donors (Lipinski definition) is 3. The largest absolute Gasteiger partial charge is 0.397 e. The number of nitrogens with one attached hydrogen (secondary N) is 2. The molecule has 88 valence electrons. The first-order chi connectivity index (χ1) is 7.54. The summed E-state index contributed by atoms with van der Waals surface area (Å²) in [5, 5.41) is 5.84. The molecule has 0 bridgehead atoms. The van der Waals surface area contributed by atoms with Crippen molar-refractivity contribution in [2.24, 2.45) is 0 Å². The lowest BCUT2D eigenvalue weighted by Crippen LogP contribution is -2.37. The van der Waals surface area contributed by atoms with Gasteiger partial charge in [-0.2, -0.15) is 0 Å². The van der Waals surface area contributed by atoms with Crippen molar-refractivity contribution in [3.8, 4) is 0 Å². The highest BCUT2D eigenvalue weighted by Gasteiger charge is 2.12. The van der Waals surface area contributed by atoms with Gasteiger partial charge < -0.3 is 16.4 Å². The molecule has 1 rings (SSSR count). The van der Waals surface area contributed by atoms with Crippen LogP contribution in [0.5, 0.6) is 0 Å². The molecule has 0 saturated carbocycles. The van der Waals surface area contributed by atoms with E-state index >= 15 is 0 Å². The molecule has 4 heteroatoms. The summed E-state index contributed by atoms with van der Waals surface area (Å²) in [4.78, 5) is 11.5. The zero-order valence-corrected chi connectivity index (χ0v) is 10.0. The van der Waals surface area contributed by atoms with E-state index in [0.29, 0.717) is 12.2 Å². The maximum absolute atomic E-state index is 11.5. The molecular weight excluding hydrogens is 202 g/mol. The van der Waals surface area contributed by atoms with E-state index in [1.54, 1.807) is 0 Å². The minimum Gasteiger partial charge on any atom is -0.397 e. The molecule has 1 unspecified atom stereocenters. The molecule has 1 aromatic rings. The van der Waals surface area contributed by atoms with E-state index in [1.807, 2.05) is 39.0 Å². The van der Waals surface area contributed by atoms with Crippen LogP contribution in [0, 0.1) is 6.92 Å². The maximum Gasteiger partial charge on any atom is 0.242 e. The predicted molar refractivity (Wildman–Crippen MR) is 67.4 cm³/mol. The third kappa shape index (κ3) is 3.15. The molecular formula is C12H19N3O. The molecule has 0 saturated heterocycles. The summed E-state index contributed by atoms with van der Waals surface area (Å²) < 4.78 is 0. The molecule has 0 aliphatic heterocycles. The third-order valence-electron chi connectivity index (χ3n) is 2.32. The van der Waals surface area contributed by atoms with Gasteiger partial charge in [0.15, 0.2) is 0 Å². The van der Waals surface area contributed by atoms with Gasteiger partial charge in [0, 0.05) is 6.54 Å². The number of rotatable bonds is 4. The Morgan fingerprint density at radius 1 is 1.50 bits per heavy atom. The number of benzene rings is 1. The number of carbonyl (C=O) groups excluding carboxylic acids is 1. The van der Waals surface area contributed by atoms with Gasteiger partial charge in [-0.05, 0) is 38.5 Å². The molecule has 0 heterocycles. The van der Waals surface area contributed by atoms with Crippen LogP contribution in [0.3, 0.4) is 0 Å². The molecule has 1 amide bonds. The van der Waals surface area contributed by atoms with E-state index in [9.17, 15) is 4.79 Å². The van der Waals surface area contributed by atoms with Crippen LogP contribution < -0.4 is 16.4 Å².